The summed E-state index contributed by atoms with van der Waals surface area (Å²) in [6.45, 7) is 0. The van der Waals surface area contributed by atoms with E-state index in [9.17, 15) is 5.26 Å². The van der Waals surface area contributed by atoms with Crippen LogP contribution in [-0.4, -0.2) is 15.0 Å². The topological polar surface area (TPSA) is 75.6 Å². The molecule has 2 heterocycles. The fourth-order valence-electron chi connectivity index (χ4n) is 9.72. The lowest BCUT2D eigenvalue weighted by molar-refractivity contribution is -0.00518. The third-order valence-electron chi connectivity index (χ3n) is 11.5. The van der Waals surface area contributed by atoms with Crippen molar-refractivity contribution in [3.8, 4) is 51.4 Å². The molecular formula is C44H34N4O. The van der Waals surface area contributed by atoms with E-state index < -0.39 is 0 Å². The van der Waals surface area contributed by atoms with Crippen LogP contribution in [0.1, 0.15) is 49.7 Å². The van der Waals surface area contributed by atoms with E-state index in [-0.39, 0.29) is 0 Å². The summed E-state index contributed by atoms with van der Waals surface area (Å²) in [5, 5.41) is 11.4. The monoisotopic (exact) mass is 634 g/mol. The van der Waals surface area contributed by atoms with Crippen molar-refractivity contribution >= 4 is 21.9 Å². The standard InChI is InChI=1S/C44H34N4O/c45-26-27-10-16-36-37-17-13-33(22-40(37)49-39(36)21-27)42-46-41(32-6-2-1-3-7-32)47-43(48-42)38-9-5-4-8-35(38)31-11-14-34(15-12-31)44-23-28-18-29(24-44)20-30(19-28)25-44/h1-17,21-22,28-30H,18-20,23-25H2/t28-,29+,30-,44?. The number of hydrogen-bond acceptors (Lipinski definition) is 5. The summed E-state index contributed by atoms with van der Waals surface area (Å²) in [7, 11) is 0. The van der Waals surface area contributed by atoms with Gasteiger partial charge in [-0.15, -0.1) is 0 Å². The molecule has 4 saturated carbocycles. The van der Waals surface area contributed by atoms with Gasteiger partial charge in [0.2, 0.25) is 0 Å². The molecule has 4 aliphatic rings. The van der Waals surface area contributed by atoms with Gasteiger partial charge < -0.3 is 4.42 Å². The maximum absolute atomic E-state index is 9.39. The molecule has 4 aliphatic carbocycles. The van der Waals surface area contributed by atoms with Crippen LogP contribution in [0.15, 0.2) is 120 Å². The first-order valence-electron chi connectivity index (χ1n) is 17.5. The Hall–Kier alpha value is -5.60. The number of hydrogen-bond donors (Lipinski definition) is 0. The van der Waals surface area contributed by atoms with Crippen molar-refractivity contribution in [2.75, 3.05) is 0 Å². The Morgan fingerprint density at radius 2 is 1.12 bits per heavy atom. The van der Waals surface area contributed by atoms with Crippen LogP contribution in [0.3, 0.4) is 0 Å². The summed E-state index contributed by atoms with van der Waals surface area (Å²) in [6.07, 6.45) is 8.47. The maximum Gasteiger partial charge on any atom is 0.164 e. The molecule has 5 nitrogen and oxygen atoms in total. The molecular weight excluding hydrogens is 601 g/mol. The lowest BCUT2D eigenvalue weighted by Crippen LogP contribution is -2.48. The fraction of sp³-hybridized carbons (Fsp3) is 0.227. The smallest absolute Gasteiger partial charge is 0.164 e. The molecule has 4 fully saturated rings. The molecule has 0 amide bonds. The highest BCUT2D eigenvalue weighted by Crippen LogP contribution is 2.60. The largest absolute Gasteiger partial charge is 0.456 e. The second kappa shape index (κ2) is 11.0. The van der Waals surface area contributed by atoms with Crippen molar-refractivity contribution in [2.45, 2.75) is 43.9 Å². The van der Waals surface area contributed by atoms with Crippen LogP contribution in [0.25, 0.3) is 67.2 Å². The fourth-order valence-corrected chi connectivity index (χ4v) is 9.72. The molecule has 4 bridgehead atoms. The summed E-state index contributed by atoms with van der Waals surface area (Å²) in [6, 6.07) is 41.8. The molecule has 11 rings (SSSR count). The highest BCUT2D eigenvalue weighted by molar-refractivity contribution is 6.06. The number of rotatable bonds is 5. The predicted molar refractivity (Wildman–Crippen MR) is 193 cm³/mol. The SMILES string of the molecule is N#Cc1ccc2c(c1)oc1cc(-c3nc(-c4ccccc4)nc(-c4ccccc4-c4ccc(C56C[C@H]7C[C@@H](C5)C[C@@H](C6)C7)cc4)n3)ccc12. The number of furan rings is 1. The van der Waals surface area contributed by atoms with Gasteiger partial charge in [-0.05, 0) is 109 Å². The zero-order valence-corrected chi connectivity index (χ0v) is 27.1. The normalized spacial score (nSPS) is 22.5. The van der Waals surface area contributed by atoms with Crippen molar-refractivity contribution in [1.82, 2.24) is 15.0 Å². The van der Waals surface area contributed by atoms with Crippen LogP contribution >= 0.6 is 0 Å². The Balaban J connectivity index is 1.07. The van der Waals surface area contributed by atoms with Gasteiger partial charge in [-0.3, -0.25) is 0 Å². The first-order valence-corrected chi connectivity index (χ1v) is 17.5. The summed E-state index contributed by atoms with van der Waals surface area (Å²) >= 11 is 0. The number of nitrogens with zero attached hydrogens (tertiary/aromatic N) is 4. The van der Waals surface area contributed by atoms with Gasteiger partial charge in [0.15, 0.2) is 17.5 Å². The Kier molecular flexibility index (Phi) is 6.36. The van der Waals surface area contributed by atoms with E-state index in [4.69, 9.17) is 19.4 Å². The third kappa shape index (κ3) is 4.77. The molecule has 0 saturated heterocycles. The van der Waals surface area contributed by atoms with Crippen LogP contribution in [0.5, 0.6) is 0 Å². The Labute approximate surface area is 285 Å². The Morgan fingerprint density at radius 3 is 1.82 bits per heavy atom. The number of aromatic nitrogens is 3. The van der Waals surface area contributed by atoms with Crippen molar-refractivity contribution in [1.29, 1.82) is 5.26 Å². The van der Waals surface area contributed by atoms with Crippen LogP contribution in [0.4, 0.5) is 0 Å². The predicted octanol–water partition coefficient (Wildman–Crippen LogP) is 10.8. The number of benzene rings is 5. The molecule has 0 radical (unpaired) electrons. The zero-order chi connectivity index (χ0) is 32.5. The lowest BCUT2D eigenvalue weighted by atomic mass is 9.48. The number of nitriles is 1. The average molecular weight is 635 g/mol. The minimum atomic E-state index is 0.374. The molecule has 0 atom stereocenters. The molecule has 236 valence electrons. The Bertz CT molecular complexity index is 2400. The van der Waals surface area contributed by atoms with E-state index in [2.05, 4.69) is 54.6 Å². The van der Waals surface area contributed by atoms with E-state index in [1.165, 1.54) is 49.7 Å². The van der Waals surface area contributed by atoms with Gasteiger partial charge in [0.1, 0.15) is 11.2 Å². The first kappa shape index (κ1) is 28.4. The maximum atomic E-state index is 9.39. The van der Waals surface area contributed by atoms with E-state index in [0.29, 0.717) is 34.0 Å². The minimum Gasteiger partial charge on any atom is -0.456 e. The molecule has 5 heteroatoms. The molecule has 0 spiro atoms. The Morgan fingerprint density at radius 1 is 0.551 bits per heavy atom. The van der Waals surface area contributed by atoms with Crippen LogP contribution < -0.4 is 0 Å². The van der Waals surface area contributed by atoms with Gasteiger partial charge in [-0.25, -0.2) is 15.0 Å². The van der Waals surface area contributed by atoms with Crippen molar-refractivity contribution in [3.63, 3.8) is 0 Å². The van der Waals surface area contributed by atoms with Crippen LogP contribution in [0.2, 0.25) is 0 Å². The highest BCUT2D eigenvalue weighted by atomic mass is 16.3. The molecule has 5 aromatic carbocycles. The van der Waals surface area contributed by atoms with Gasteiger partial charge in [0.05, 0.1) is 11.6 Å². The quantitative estimate of drug-likeness (QED) is 0.188. The van der Waals surface area contributed by atoms with Gasteiger partial charge in [0, 0.05) is 27.5 Å². The highest BCUT2D eigenvalue weighted by Gasteiger charge is 2.51. The van der Waals surface area contributed by atoms with E-state index in [1.807, 2.05) is 60.7 Å². The summed E-state index contributed by atoms with van der Waals surface area (Å²) in [5.74, 6) is 4.60. The van der Waals surface area contributed by atoms with E-state index >= 15 is 0 Å². The van der Waals surface area contributed by atoms with E-state index in [1.54, 1.807) is 6.07 Å². The van der Waals surface area contributed by atoms with Gasteiger partial charge in [-0.1, -0.05) is 84.9 Å². The van der Waals surface area contributed by atoms with Crippen LogP contribution in [0, 0.1) is 29.1 Å². The van der Waals surface area contributed by atoms with Gasteiger partial charge in [0.25, 0.3) is 0 Å². The first-order chi connectivity index (χ1) is 24.1. The van der Waals surface area contributed by atoms with Crippen molar-refractivity contribution in [2.24, 2.45) is 17.8 Å². The van der Waals surface area contributed by atoms with Crippen molar-refractivity contribution in [3.05, 3.63) is 126 Å². The second-order valence-electron chi connectivity index (χ2n) is 14.6. The van der Waals surface area contributed by atoms with E-state index in [0.717, 1.165) is 56.4 Å². The molecule has 0 N–H and O–H groups in total. The molecule has 49 heavy (non-hydrogen) atoms. The lowest BCUT2D eigenvalue weighted by Gasteiger charge is -2.57. The second-order valence-corrected chi connectivity index (χ2v) is 14.6. The third-order valence-corrected chi connectivity index (χ3v) is 11.5. The summed E-state index contributed by atoms with van der Waals surface area (Å²) in [4.78, 5) is 15.2. The number of fused-ring (bicyclic) bond motifs is 3. The summed E-state index contributed by atoms with van der Waals surface area (Å²) < 4.78 is 6.23. The van der Waals surface area contributed by atoms with Gasteiger partial charge >= 0.3 is 0 Å². The zero-order valence-electron chi connectivity index (χ0n) is 27.1. The average Bonchev–Trinajstić information content (AvgIpc) is 3.51. The van der Waals surface area contributed by atoms with Gasteiger partial charge in [-0.2, -0.15) is 5.26 Å². The molecule has 0 aliphatic heterocycles. The molecule has 7 aromatic rings. The molecule has 0 unspecified atom stereocenters. The minimum absolute atomic E-state index is 0.374. The van der Waals surface area contributed by atoms with Crippen LogP contribution in [-0.2, 0) is 5.41 Å². The van der Waals surface area contributed by atoms with Crippen molar-refractivity contribution < 1.29 is 4.42 Å². The summed E-state index contributed by atoms with van der Waals surface area (Å²) in [5.41, 5.74) is 8.92. The molecule has 2 aromatic heterocycles.